The maximum atomic E-state index is 13.0. The smallest absolute Gasteiger partial charge is 0.325 e. The minimum Gasteiger partial charge on any atom is -0.494 e. The van der Waals surface area contributed by atoms with Gasteiger partial charge >= 0.3 is 6.03 Å². The second-order valence-corrected chi connectivity index (χ2v) is 6.89. The molecule has 3 amide bonds. The number of benzene rings is 2. The Labute approximate surface area is 163 Å². The number of urea groups is 1. The van der Waals surface area contributed by atoms with Crippen LogP contribution in [0.2, 0.25) is 0 Å². The Kier molecular flexibility index (Phi) is 4.81. The van der Waals surface area contributed by atoms with E-state index < -0.39 is 11.6 Å². The van der Waals surface area contributed by atoms with Crippen molar-refractivity contribution in [3.05, 3.63) is 54.1 Å². The largest absolute Gasteiger partial charge is 0.494 e. The average molecular weight is 382 g/mol. The van der Waals surface area contributed by atoms with Crippen LogP contribution in [0, 0.1) is 0 Å². The van der Waals surface area contributed by atoms with E-state index in [1.54, 1.807) is 25.1 Å². The third-order valence-electron chi connectivity index (χ3n) is 4.93. The molecule has 0 saturated carbocycles. The first-order valence-corrected chi connectivity index (χ1v) is 9.30. The summed E-state index contributed by atoms with van der Waals surface area (Å²) >= 11 is 0. The van der Waals surface area contributed by atoms with Gasteiger partial charge < -0.3 is 19.5 Å². The lowest BCUT2D eigenvalue weighted by atomic mass is 9.91. The molecule has 2 aromatic carbocycles. The van der Waals surface area contributed by atoms with Crippen molar-refractivity contribution >= 4 is 11.9 Å². The van der Waals surface area contributed by atoms with Gasteiger partial charge in [0.15, 0.2) is 11.5 Å². The van der Waals surface area contributed by atoms with Crippen molar-refractivity contribution in [1.29, 1.82) is 0 Å². The van der Waals surface area contributed by atoms with E-state index in [1.165, 1.54) is 4.90 Å². The van der Waals surface area contributed by atoms with Gasteiger partial charge in [-0.1, -0.05) is 24.3 Å². The molecule has 0 spiro atoms. The lowest BCUT2D eigenvalue weighted by Gasteiger charge is -2.25. The summed E-state index contributed by atoms with van der Waals surface area (Å²) < 4.78 is 16.8. The Hall–Kier alpha value is -3.22. The average Bonchev–Trinajstić information content (AvgIpc) is 2.95. The number of hydrogen-bond acceptors (Lipinski definition) is 5. The molecule has 2 aliphatic heterocycles. The van der Waals surface area contributed by atoms with E-state index in [9.17, 15) is 9.59 Å². The van der Waals surface area contributed by atoms with Crippen LogP contribution in [0.4, 0.5) is 4.79 Å². The molecule has 1 atom stereocenters. The van der Waals surface area contributed by atoms with Gasteiger partial charge in [0.1, 0.15) is 24.5 Å². The fourth-order valence-electron chi connectivity index (χ4n) is 3.38. The highest BCUT2D eigenvalue weighted by Crippen LogP contribution is 2.36. The van der Waals surface area contributed by atoms with Crippen LogP contribution < -0.4 is 19.5 Å². The molecule has 7 nitrogen and oxygen atoms in total. The molecule has 0 aromatic heterocycles. The van der Waals surface area contributed by atoms with Crippen LogP contribution in [0.1, 0.15) is 18.9 Å². The fourth-order valence-corrected chi connectivity index (χ4v) is 3.38. The number of rotatable bonds is 6. The van der Waals surface area contributed by atoms with E-state index in [2.05, 4.69) is 5.32 Å². The van der Waals surface area contributed by atoms with Crippen molar-refractivity contribution in [2.24, 2.45) is 0 Å². The van der Waals surface area contributed by atoms with Gasteiger partial charge in [-0.3, -0.25) is 9.69 Å². The lowest BCUT2D eigenvalue weighted by Crippen LogP contribution is -2.41. The van der Waals surface area contributed by atoms with Crippen molar-refractivity contribution in [2.45, 2.75) is 18.9 Å². The molecular formula is C21H22N2O5. The van der Waals surface area contributed by atoms with E-state index in [-0.39, 0.29) is 12.5 Å². The van der Waals surface area contributed by atoms with Crippen molar-refractivity contribution in [3.8, 4) is 17.2 Å². The predicted molar refractivity (Wildman–Crippen MR) is 102 cm³/mol. The zero-order valence-electron chi connectivity index (χ0n) is 15.6. The standard InChI is InChI=1S/C21H22N2O5/c1-21(15-8-9-17-18(14-15)28-13-12-27-17)19(24)23(20(25)22-21)10-5-11-26-16-6-3-2-4-7-16/h2-4,6-9,14H,5,10-13H2,1H3,(H,22,25). The Morgan fingerprint density at radius 1 is 1.07 bits per heavy atom. The normalized spacial score (nSPS) is 20.8. The van der Waals surface area contributed by atoms with Gasteiger partial charge in [0.2, 0.25) is 0 Å². The summed E-state index contributed by atoms with van der Waals surface area (Å²) in [5.74, 6) is 1.71. The minimum absolute atomic E-state index is 0.283. The van der Waals surface area contributed by atoms with Crippen LogP contribution in [-0.4, -0.2) is 43.2 Å². The van der Waals surface area contributed by atoms with Crippen molar-refractivity contribution < 1.29 is 23.8 Å². The maximum absolute atomic E-state index is 13.0. The van der Waals surface area contributed by atoms with E-state index in [4.69, 9.17) is 14.2 Å². The number of nitrogens with one attached hydrogen (secondary N) is 1. The molecule has 28 heavy (non-hydrogen) atoms. The second kappa shape index (κ2) is 7.42. The van der Waals surface area contributed by atoms with Gasteiger partial charge in [-0.2, -0.15) is 0 Å². The molecule has 0 bridgehead atoms. The topological polar surface area (TPSA) is 77.1 Å². The molecule has 1 N–H and O–H groups in total. The van der Waals surface area contributed by atoms with E-state index in [1.807, 2.05) is 30.3 Å². The van der Waals surface area contributed by atoms with Gasteiger partial charge in [0.05, 0.1) is 6.61 Å². The van der Waals surface area contributed by atoms with E-state index in [0.29, 0.717) is 43.3 Å². The summed E-state index contributed by atoms with van der Waals surface area (Å²) in [6, 6.07) is 14.4. The van der Waals surface area contributed by atoms with Gasteiger partial charge in [0, 0.05) is 6.54 Å². The lowest BCUT2D eigenvalue weighted by molar-refractivity contribution is -0.131. The van der Waals surface area contributed by atoms with Crippen molar-refractivity contribution in [3.63, 3.8) is 0 Å². The monoisotopic (exact) mass is 382 g/mol. The first-order chi connectivity index (χ1) is 13.6. The highest BCUT2D eigenvalue weighted by Gasteiger charge is 2.49. The van der Waals surface area contributed by atoms with Crippen LogP contribution in [0.15, 0.2) is 48.5 Å². The summed E-state index contributed by atoms with van der Waals surface area (Å²) in [5.41, 5.74) is -0.467. The molecule has 2 aliphatic rings. The molecule has 7 heteroatoms. The third-order valence-corrected chi connectivity index (χ3v) is 4.93. The maximum Gasteiger partial charge on any atom is 0.325 e. The zero-order valence-corrected chi connectivity index (χ0v) is 15.6. The van der Waals surface area contributed by atoms with Crippen LogP contribution >= 0.6 is 0 Å². The molecule has 1 unspecified atom stereocenters. The zero-order chi connectivity index (χ0) is 19.6. The summed E-state index contributed by atoms with van der Waals surface area (Å²) in [4.78, 5) is 26.7. The highest BCUT2D eigenvalue weighted by atomic mass is 16.6. The molecule has 1 fully saturated rings. The molecule has 1 saturated heterocycles. The predicted octanol–water partition coefficient (Wildman–Crippen LogP) is 2.69. The van der Waals surface area contributed by atoms with Gasteiger partial charge in [-0.25, -0.2) is 4.79 Å². The van der Waals surface area contributed by atoms with Gasteiger partial charge in [0.25, 0.3) is 5.91 Å². The first-order valence-electron chi connectivity index (χ1n) is 9.30. The SMILES string of the molecule is CC1(c2ccc3c(c2)OCCO3)NC(=O)N(CCCOc2ccccc2)C1=O. The van der Waals surface area contributed by atoms with Crippen LogP contribution in [0.3, 0.4) is 0 Å². The third kappa shape index (κ3) is 3.35. The first kappa shape index (κ1) is 18.2. The molecular weight excluding hydrogens is 360 g/mol. The number of para-hydroxylation sites is 1. The number of carbonyl (C=O) groups is 2. The molecule has 0 radical (unpaired) electrons. The Bertz CT molecular complexity index is 886. The number of fused-ring (bicyclic) bond motifs is 1. The summed E-state index contributed by atoms with van der Waals surface area (Å²) in [5, 5.41) is 2.81. The van der Waals surface area contributed by atoms with E-state index in [0.717, 1.165) is 5.75 Å². The van der Waals surface area contributed by atoms with E-state index >= 15 is 0 Å². The highest BCUT2D eigenvalue weighted by molar-refractivity contribution is 6.07. The summed E-state index contributed by atoms with van der Waals surface area (Å²) in [7, 11) is 0. The number of carbonyl (C=O) groups excluding carboxylic acids is 2. The Balaban J connectivity index is 1.41. The number of amides is 3. The van der Waals surface area contributed by atoms with Crippen LogP contribution in [0.5, 0.6) is 17.2 Å². The van der Waals surface area contributed by atoms with Crippen LogP contribution in [-0.2, 0) is 10.3 Å². The number of imide groups is 1. The molecule has 4 rings (SSSR count). The number of ether oxygens (including phenoxy) is 3. The minimum atomic E-state index is -1.13. The molecule has 2 aromatic rings. The number of nitrogens with zero attached hydrogens (tertiary/aromatic N) is 1. The quantitative estimate of drug-likeness (QED) is 0.614. The number of hydrogen-bond donors (Lipinski definition) is 1. The van der Waals surface area contributed by atoms with Crippen LogP contribution in [0.25, 0.3) is 0 Å². The Morgan fingerprint density at radius 2 is 1.82 bits per heavy atom. The summed E-state index contributed by atoms with van der Waals surface area (Å²) in [6.45, 7) is 3.37. The van der Waals surface area contributed by atoms with Crippen molar-refractivity contribution in [2.75, 3.05) is 26.4 Å². The summed E-state index contributed by atoms with van der Waals surface area (Å²) in [6.07, 6.45) is 0.547. The fraction of sp³-hybridized carbons (Fsp3) is 0.333. The Morgan fingerprint density at radius 3 is 2.61 bits per heavy atom. The molecule has 2 heterocycles. The van der Waals surface area contributed by atoms with Gasteiger partial charge in [-0.05, 0) is 43.2 Å². The molecule has 0 aliphatic carbocycles. The second-order valence-electron chi connectivity index (χ2n) is 6.89. The van der Waals surface area contributed by atoms with Crippen molar-refractivity contribution in [1.82, 2.24) is 10.2 Å². The molecule has 146 valence electrons. The van der Waals surface area contributed by atoms with Gasteiger partial charge in [-0.15, -0.1) is 0 Å².